The van der Waals surface area contributed by atoms with Gasteiger partial charge in [-0.1, -0.05) is 6.07 Å². The van der Waals surface area contributed by atoms with Crippen LogP contribution in [0.4, 0.5) is 4.39 Å². The van der Waals surface area contributed by atoms with Gasteiger partial charge in [-0.3, -0.25) is 0 Å². The summed E-state index contributed by atoms with van der Waals surface area (Å²) in [6, 6.07) is 8.80. The number of nitrogens with zero attached hydrogens (tertiary/aromatic N) is 2. The van der Waals surface area contributed by atoms with Gasteiger partial charge in [0.2, 0.25) is 0 Å². The van der Waals surface area contributed by atoms with Crippen LogP contribution in [0.3, 0.4) is 0 Å². The molecular weight excluding hydrogens is 279 g/mol. The minimum Gasteiger partial charge on any atom is -0.464 e. The first-order valence-corrected chi connectivity index (χ1v) is 6.97. The van der Waals surface area contributed by atoms with Crippen LogP contribution < -0.4 is 0 Å². The molecule has 0 aliphatic heterocycles. The molecule has 0 fully saturated rings. The molecule has 2 heterocycles. The van der Waals surface area contributed by atoms with E-state index < -0.39 is 0 Å². The number of furan rings is 1. The topological polar surface area (TPSA) is 31.0 Å². The maximum absolute atomic E-state index is 13.8. The van der Waals surface area contributed by atoms with Crippen molar-refractivity contribution in [2.45, 2.75) is 19.9 Å². The molecule has 0 unspecified atom stereocenters. The van der Waals surface area contributed by atoms with Crippen molar-refractivity contribution in [1.29, 1.82) is 0 Å². The Morgan fingerprint density at radius 3 is 2.85 bits per heavy atom. The number of aryl methyl sites for hydroxylation is 2. The number of alkyl halides is 1. The van der Waals surface area contributed by atoms with Crippen molar-refractivity contribution in [3.05, 3.63) is 53.5 Å². The zero-order valence-corrected chi connectivity index (χ0v) is 11.8. The van der Waals surface area contributed by atoms with Gasteiger partial charge in [0, 0.05) is 12.3 Å². The lowest BCUT2D eigenvalue weighted by atomic mass is 10.3. The molecule has 0 bridgehead atoms. The quantitative estimate of drug-likeness (QED) is 0.683. The Kier molecular flexibility index (Phi) is 3.49. The predicted octanol–water partition coefficient (Wildman–Crippen LogP) is 3.91. The van der Waals surface area contributed by atoms with Gasteiger partial charge in [-0.15, -0.1) is 11.6 Å². The molecule has 0 aliphatic rings. The molecule has 104 valence electrons. The minimum atomic E-state index is -0.312. The molecule has 0 radical (unpaired) electrons. The summed E-state index contributed by atoms with van der Waals surface area (Å²) in [6.45, 7) is 2.43. The predicted molar refractivity (Wildman–Crippen MR) is 76.7 cm³/mol. The molecule has 20 heavy (non-hydrogen) atoms. The van der Waals surface area contributed by atoms with Crippen LogP contribution in [0.1, 0.15) is 17.3 Å². The Bertz CT molecular complexity index is 747. The van der Waals surface area contributed by atoms with Gasteiger partial charge in [0.15, 0.2) is 5.82 Å². The number of rotatable bonds is 4. The highest BCUT2D eigenvalue weighted by Crippen LogP contribution is 2.21. The second-order valence-electron chi connectivity index (χ2n) is 4.67. The molecular formula is C15H14ClFN2O. The summed E-state index contributed by atoms with van der Waals surface area (Å²) in [5.41, 5.74) is 1.15. The van der Waals surface area contributed by atoms with Crippen LogP contribution in [0.2, 0.25) is 0 Å². The van der Waals surface area contributed by atoms with E-state index in [1.54, 1.807) is 6.07 Å². The van der Waals surface area contributed by atoms with E-state index >= 15 is 0 Å². The van der Waals surface area contributed by atoms with Crippen molar-refractivity contribution in [2.24, 2.45) is 0 Å². The SMILES string of the molecule is Cc1ccc(Cn2c(CCCl)nc3c(F)cccc32)o1. The van der Waals surface area contributed by atoms with Crippen molar-refractivity contribution in [3.8, 4) is 0 Å². The highest BCUT2D eigenvalue weighted by Gasteiger charge is 2.14. The molecule has 0 atom stereocenters. The summed E-state index contributed by atoms with van der Waals surface area (Å²) in [5, 5.41) is 0. The largest absolute Gasteiger partial charge is 0.464 e. The van der Waals surface area contributed by atoms with E-state index in [-0.39, 0.29) is 5.82 Å². The Morgan fingerprint density at radius 1 is 1.30 bits per heavy atom. The van der Waals surface area contributed by atoms with Gasteiger partial charge in [-0.05, 0) is 31.2 Å². The fraction of sp³-hybridized carbons (Fsp3) is 0.267. The van der Waals surface area contributed by atoms with E-state index in [0.717, 1.165) is 22.9 Å². The minimum absolute atomic E-state index is 0.312. The van der Waals surface area contributed by atoms with Crippen LogP contribution >= 0.6 is 11.6 Å². The maximum atomic E-state index is 13.8. The summed E-state index contributed by atoms with van der Waals surface area (Å²) in [7, 11) is 0. The van der Waals surface area contributed by atoms with Crippen molar-refractivity contribution < 1.29 is 8.81 Å². The van der Waals surface area contributed by atoms with Gasteiger partial charge in [-0.25, -0.2) is 9.37 Å². The van der Waals surface area contributed by atoms with Crippen LogP contribution in [0, 0.1) is 12.7 Å². The van der Waals surface area contributed by atoms with E-state index in [9.17, 15) is 4.39 Å². The van der Waals surface area contributed by atoms with E-state index in [4.69, 9.17) is 16.0 Å². The molecule has 0 aliphatic carbocycles. The summed E-state index contributed by atoms with van der Waals surface area (Å²) < 4.78 is 21.4. The molecule has 0 amide bonds. The Hall–Kier alpha value is -1.81. The molecule has 0 saturated carbocycles. The normalized spacial score (nSPS) is 11.3. The van der Waals surface area contributed by atoms with Gasteiger partial charge >= 0.3 is 0 Å². The van der Waals surface area contributed by atoms with Gasteiger partial charge < -0.3 is 8.98 Å². The van der Waals surface area contributed by atoms with Crippen molar-refractivity contribution in [3.63, 3.8) is 0 Å². The van der Waals surface area contributed by atoms with Gasteiger partial charge in [0.1, 0.15) is 22.9 Å². The lowest BCUT2D eigenvalue weighted by molar-refractivity contribution is 0.469. The Morgan fingerprint density at radius 2 is 2.15 bits per heavy atom. The van der Waals surface area contributed by atoms with Crippen LogP contribution in [-0.4, -0.2) is 15.4 Å². The highest BCUT2D eigenvalue weighted by molar-refractivity contribution is 6.17. The zero-order chi connectivity index (χ0) is 14.1. The number of hydrogen-bond acceptors (Lipinski definition) is 2. The van der Waals surface area contributed by atoms with Gasteiger partial charge in [0.25, 0.3) is 0 Å². The molecule has 5 heteroatoms. The number of imidazole rings is 1. The lowest BCUT2D eigenvalue weighted by Crippen LogP contribution is -2.05. The molecule has 2 aromatic heterocycles. The molecule has 1 aromatic carbocycles. The van der Waals surface area contributed by atoms with Crippen molar-refractivity contribution in [2.75, 3.05) is 5.88 Å². The van der Waals surface area contributed by atoms with Gasteiger partial charge in [0.05, 0.1) is 12.1 Å². The summed E-state index contributed by atoms with van der Waals surface area (Å²) in [5.74, 6) is 2.58. The molecule has 0 N–H and O–H groups in total. The number of halogens is 2. The number of fused-ring (bicyclic) bond motifs is 1. The van der Waals surface area contributed by atoms with Crippen molar-refractivity contribution in [1.82, 2.24) is 9.55 Å². The molecule has 3 aromatic rings. The zero-order valence-electron chi connectivity index (χ0n) is 11.1. The third-order valence-corrected chi connectivity index (χ3v) is 3.43. The fourth-order valence-electron chi connectivity index (χ4n) is 2.34. The maximum Gasteiger partial charge on any atom is 0.151 e. The third kappa shape index (κ3) is 2.31. The van der Waals surface area contributed by atoms with Crippen LogP contribution in [-0.2, 0) is 13.0 Å². The molecule has 0 spiro atoms. The van der Waals surface area contributed by atoms with Crippen molar-refractivity contribution >= 4 is 22.6 Å². The van der Waals surface area contributed by atoms with Crippen LogP contribution in [0.15, 0.2) is 34.7 Å². The average Bonchev–Trinajstić information content (AvgIpc) is 2.97. The summed E-state index contributed by atoms with van der Waals surface area (Å²) >= 11 is 5.81. The second-order valence-corrected chi connectivity index (χ2v) is 5.05. The Labute approximate surface area is 121 Å². The van der Waals surface area contributed by atoms with Crippen LogP contribution in [0.5, 0.6) is 0 Å². The summed E-state index contributed by atoms with van der Waals surface area (Å²) in [4.78, 5) is 4.37. The van der Waals surface area contributed by atoms with E-state index in [1.165, 1.54) is 6.07 Å². The first-order chi connectivity index (χ1) is 9.69. The second kappa shape index (κ2) is 5.29. The number of aromatic nitrogens is 2. The van der Waals surface area contributed by atoms with E-state index in [1.807, 2.05) is 29.7 Å². The Balaban J connectivity index is 2.11. The smallest absolute Gasteiger partial charge is 0.151 e. The highest BCUT2D eigenvalue weighted by atomic mass is 35.5. The van der Waals surface area contributed by atoms with Crippen LogP contribution in [0.25, 0.3) is 11.0 Å². The monoisotopic (exact) mass is 292 g/mol. The molecule has 3 rings (SSSR count). The first-order valence-electron chi connectivity index (χ1n) is 6.44. The average molecular weight is 293 g/mol. The van der Waals surface area contributed by atoms with Gasteiger partial charge in [-0.2, -0.15) is 0 Å². The summed E-state index contributed by atoms with van der Waals surface area (Å²) in [6.07, 6.45) is 0.593. The number of para-hydroxylation sites is 1. The van der Waals surface area contributed by atoms with E-state index in [2.05, 4.69) is 4.98 Å². The van der Waals surface area contributed by atoms with E-state index in [0.29, 0.717) is 24.4 Å². The molecule has 3 nitrogen and oxygen atoms in total. The lowest BCUT2D eigenvalue weighted by Gasteiger charge is -2.06. The third-order valence-electron chi connectivity index (χ3n) is 3.24. The molecule has 0 saturated heterocycles. The standard InChI is InChI=1S/C15H14ClFN2O/c1-10-5-6-11(20-10)9-19-13-4-2-3-12(17)15(13)18-14(19)7-8-16/h2-6H,7-9H2,1H3. The number of benzene rings is 1. The first kappa shape index (κ1) is 13.2. The fourth-order valence-corrected chi connectivity index (χ4v) is 2.51. The number of hydrogen-bond donors (Lipinski definition) is 0.